The first-order chi connectivity index (χ1) is 13.2. The third-order valence-electron chi connectivity index (χ3n) is 4.10. The van der Waals surface area contributed by atoms with E-state index in [0.717, 1.165) is 15.7 Å². The first-order valence-corrected chi connectivity index (χ1v) is 9.16. The molecule has 6 nitrogen and oxygen atoms in total. The molecule has 1 amide bonds. The summed E-state index contributed by atoms with van der Waals surface area (Å²) in [6.07, 6.45) is 5.25. The van der Waals surface area contributed by atoms with E-state index in [-0.39, 0.29) is 5.91 Å². The fourth-order valence-electron chi connectivity index (χ4n) is 2.70. The van der Waals surface area contributed by atoms with Gasteiger partial charge in [0.05, 0.1) is 18.4 Å². The molecule has 0 spiro atoms. The lowest BCUT2D eigenvalue weighted by atomic mass is 10.2. The molecule has 2 aromatic heterocycles. The number of hydrogen-bond acceptors (Lipinski definition) is 3. The highest BCUT2D eigenvalue weighted by Crippen LogP contribution is 2.15. The third kappa shape index (κ3) is 3.98. The van der Waals surface area contributed by atoms with Gasteiger partial charge in [0.15, 0.2) is 0 Å². The molecule has 4 rings (SSSR count). The summed E-state index contributed by atoms with van der Waals surface area (Å²) < 4.78 is 4.53. The van der Waals surface area contributed by atoms with Gasteiger partial charge in [-0.15, -0.1) is 0 Å². The van der Waals surface area contributed by atoms with Crippen molar-refractivity contribution < 1.29 is 4.79 Å². The molecule has 2 heterocycles. The smallest absolute Gasteiger partial charge is 0.256 e. The summed E-state index contributed by atoms with van der Waals surface area (Å²) in [5, 5.41) is 11.4. The van der Waals surface area contributed by atoms with Crippen LogP contribution >= 0.6 is 15.9 Å². The van der Waals surface area contributed by atoms with Gasteiger partial charge in [-0.25, -0.2) is 9.36 Å². The Morgan fingerprint density at radius 3 is 2.44 bits per heavy atom. The SMILES string of the molecule is O=C(Nc1ccnn1Cc1ccc(Br)cc1)c1ccc(-n2cccn2)cc1. The van der Waals surface area contributed by atoms with Gasteiger partial charge < -0.3 is 5.32 Å². The lowest BCUT2D eigenvalue weighted by molar-refractivity contribution is 0.102. The number of nitrogens with one attached hydrogen (secondary N) is 1. The molecule has 0 aliphatic heterocycles. The van der Waals surface area contributed by atoms with E-state index in [2.05, 4.69) is 31.4 Å². The second-order valence-corrected chi connectivity index (χ2v) is 6.87. The molecule has 0 fully saturated rings. The van der Waals surface area contributed by atoms with E-state index < -0.39 is 0 Å². The van der Waals surface area contributed by atoms with Crippen LogP contribution in [0.1, 0.15) is 15.9 Å². The molecular formula is C20H16BrN5O. The van der Waals surface area contributed by atoms with Crippen molar-refractivity contribution in [1.82, 2.24) is 19.6 Å². The Bertz CT molecular complexity index is 1040. The Morgan fingerprint density at radius 1 is 0.963 bits per heavy atom. The molecule has 0 bridgehead atoms. The van der Waals surface area contributed by atoms with E-state index in [9.17, 15) is 4.79 Å². The predicted octanol–water partition coefficient (Wildman–Crippen LogP) is 4.13. The molecule has 1 N–H and O–H groups in total. The molecule has 0 saturated carbocycles. The average molecular weight is 422 g/mol. The second kappa shape index (κ2) is 7.59. The van der Waals surface area contributed by atoms with Crippen molar-refractivity contribution in [2.75, 3.05) is 5.32 Å². The summed E-state index contributed by atoms with van der Waals surface area (Å²) in [5.41, 5.74) is 2.57. The topological polar surface area (TPSA) is 64.7 Å². The molecule has 0 radical (unpaired) electrons. The van der Waals surface area contributed by atoms with Crippen LogP contribution in [0, 0.1) is 0 Å². The zero-order valence-electron chi connectivity index (χ0n) is 14.3. The number of aromatic nitrogens is 4. The molecule has 0 aliphatic carbocycles. The average Bonchev–Trinajstić information content (AvgIpc) is 3.36. The van der Waals surface area contributed by atoms with Gasteiger partial charge in [-0.1, -0.05) is 28.1 Å². The standard InChI is InChI=1S/C20H16BrN5O/c21-17-6-2-15(3-7-17)14-26-19(10-12-23-26)24-20(27)16-4-8-18(9-5-16)25-13-1-11-22-25/h1-13H,14H2,(H,24,27). The number of halogens is 1. The minimum absolute atomic E-state index is 0.181. The maximum absolute atomic E-state index is 12.6. The van der Waals surface area contributed by atoms with Gasteiger partial charge in [0, 0.05) is 28.5 Å². The number of amides is 1. The molecular weight excluding hydrogens is 406 g/mol. The highest BCUT2D eigenvalue weighted by Gasteiger charge is 2.10. The fourth-order valence-corrected chi connectivity index (χ4v) is 2.97. The van der Waals surface area contributed by atoms with Crippen molar-refractivity contribution in [3.8, 4) is 5.69 Å². The highest BCUT2D eigenvalue weighted by atomic mass is 79.9. The number of carbonyl (C=O) groups excluding carboxylic acids is 1. The Morgan fingerprint density at radius 2 is 1.74 bits per heavy atom. The van der Waals surface area contributed by atoms with Gasteiger partial charge in [-0.2, -0.15) is 10.2 Å². The molecule has 0 unspecified atom stereocenters. The summed E-state index contributed by atoms with van der Waals surface area (Å²) in [6, 6.07) is 18.9. The molecule has 0 aliphatic rings. The molecule has 27 heavy (non-hydrogen) atoms. The number of anilines is 1. The summed E-state index contributed by atoms with van der Waals surface area (Å²) in [6.45, 7) is 0.578. The molecule has 7 heteroatoms. The normalized spacial score (nSPS) is 10.7. The van der Waals surface area contributed by atoms with Crippen LogP contribution in [0.4, 0.5) is 5.82 Å². The maximum atomic E-state index is 12.6. The molecule has 0 saturated heterocycles. The van der Waals surface area contributed by atoms with Gasteiger partial charge >= 0.3 is 0 Å². The molecule has 2 aromatic carbocycles. The van der Waals surface area contributed by atoms with Crippen LogP contribution in [-0.2, 0) is 6.54 Å². The Hall–Kier alpha value is -3.19. The third-order valence-corrected chi connectivity index (χ3v) is 4.63. The number of carbonyl (C=O) groups is 1. The van der Waals surface area contributed by atoms with Crippen LogP contribution in [-0.4, -0.2) is 25.5 Å². The first-order valence-electron chi connectivity index (χ1n) is 8.37. The molecule has 0 atom stereocenters. The molecule has 4 aromatic rings. The Kier molecular flexibility index (Phi) is 4.84. The summed E-state index contributed by atoms with van der Waals surface area (Å²) >= 11 is 3.43. The quantitative estimate of drug-likeness (QED) is 0.526. The number of rotatable bonds is 5. The van der Waals surface area contributed by atoms with Crippen LogP contribution in [0.15, 0.2) is 83.7 Å². The highest BCUT2D eigenvalue weighted by molar-refractivity contribution is 9.10. The summed E-state index contributed by atoms with van der Waals surface area (Å²) in [5.74, 6) is 0.471. The van der Waals surface area contributed by atoms with Gasteiger partial charge in [0.25, 0.3) is 5.91 Å². The van der Waals surface area contributed by atoms with Crippen LogP contribution in [0.5, 0.6) is 0 Å². The van der Waals surface area contributed by atoms with Crippen LogP contribution in [0.2, 0.25) is 0 Å². The largest absolute Gasteiger partial charge is 0.307 e. The lowest BCUT2D eigenvalue weighted by Gasteiger charge is -2.10. The van der Waals surface area contributed by atoms with Gasteiger partial charge in [-0.3, -0.25) is 4.79 Å². The van der Waals surface area contributed by atoms with E-state index in [1.807, 2.05) is 48.7 Å². The van der Waals surface area contributed by atoms with E-state index in [4.69, 9.17) is 0 Å². The van der Waals surface area contributed by atoms with E-state index >= 15 is 0 Å². The van der Waals surface area contributed by atoms with Crippen molar-refractivity contribution in [2.24, 2.45) is 0 Å². The van der Waals surface area contributed by atoms with Crippen LogP contribution < -0.4 is 5.32 Å². The van der Waals surface area contributed by atoms with Crippen molar-refractivity contribution in [3.63, 3.8) is 0 Å². The number of nitrogens with zero attached hydrogens (tertiary/aromatic N) is 4. The zero-order chi connectivity index (χ0) is 18.6. The summed E-state index contributed by atoms with van der Waals surface area (Å²) in [7, 11) is 0. The Labute approximate surface area is 164 Å². The van der Waals surface area contributed by atoms with Crippen LogP contribution in [0.25, 0.3) is 5.69 Å². The monoisotopic (exact) mass is 421 g/mol. The number of hydrogen-bond donors (Lipinski definition) is 1. The van der Waals surface area contributed by atoms with Gasteiger partial charge in [-0.05, 0) is 48.0 Å². The molecule has 134 valence electrons. The zero-order valence-corrected chi connectivity index (χ0v) is 15.9. The van der Waals surface area contributed by atoms with E-state index in [0.29, 0.717) is 17.9 Å². The van der Waals surface area contributed by atoms with Crippen LogP contribution in [0.3, 0.4) is 0 Å². The van der Waals surface area contributed by atoms with Crippen molar-refractivity contribution in [1.29, 1.82) is 0 Å². The van der Waals surface area contributed by atoms with Crippen molar-refractivity contribution in [2.45, 2.75) is 6.54 Å². The fraction of sp³-hybridized carbons (Fsp3) is 0.0500. The van der Waals surface area contributed by atoms with E-state index in [1.54, 1.807) is 40.0 Å². The number of benzene rings is 2. The van der Waals surface area contributed by atoms with Crippen molar-refractivity contribution in [3.05, 3.63) is 94.9 Å². The minimum Gasteiger partial charge on any atom is -0.307 e. The van der Waals surface area contributed by atoms with Gasteiger partial charge in [0.1, 0.15) is 5.82 Å². The van der Waals surface area contributed by atoms with Gasteiger partial charge in [0.2, 0.25) is 0 Å². The first kappa shape index (κ1) is 17.2. The minimum atomic E-state index is -0.181. The van der Waals surface area contributed by atoms with E-state index in [1.165, 1.54) is 0 Å². The second-order valence-electron chi connectivity index (χ2n) is 5.95. The Balaban J connectivity index is 1.47. The maximum Gasteiger partial charge on any atom is 0.256 e. The van der Waals surface area contributed by atoms with Crippen molar-refractivity contribution >= 4 is 27.7 Å². The lowest BCUT2D eigenvalue weighted by Crippen LogP contribution is -2.16. The summed E-state index contributed by atoms with van der Waals surface area (Å²) in [4.78, 5) is 12.6. The predicted molar refractivity (Wildman–Crippen MR) is 107 cm³/mol.